The van der Waals surface area contributed by atoms with Crippen LogP contribution in [-0.4, -0.2) is 31.0 Å². The Labute approximate surface area is 108 Å². The number of likely N-dealkylation sites (N-methyl/N-ethyl adjacent to an activating group) is 1. The molecule has 0 aliphatic heterocycles. The molecule has 18 heavy (non-hydrogen) atoms. The van der Waals surface area contributed by atoms with Gasteiger partial charge in [-0.2, -0.15) is 0 Å². The minimum absolute atomic E-state index is 0.000163. The van der Waals surface area contributed by atoms with Crippen molar-refractivity contribution in [2.24, 2.45) is 11.7 Å². The zero-order valence-electron chi connectivity index (χ0n) is 11.3. The fourth-order valence-corrected chi connectivity index (χ4v) is 1.60. The highest BCUT2D eigenvalue weighted by Crippen LogP contribution is 2.14. The molecule has 1 aromatic rings. The van der Waals surface area contributed by atoms with Crippen LogP contribution in [0.1, 0.15) is 19.4 Å². The number of anilines is 1. The smallest absolute Gasteiger partial charge is 0.239 e. The number of nitrogens with two attached hydrogens (primary N) is 1. The molecule has 100 valence electrons. The van der Waals surface area contributed by atoms with Crippen molar-refractivity contribution in [3.8, 4) is 0 Å². The molecule has 0 fully saturated rings. The topological polar surface area (TPSA) is 71.2 Å². The molecule has 5 heteroatoms. The van der Waals surface area contributed by atoms with Gasteiger partial charge in [-0.1, -0.05) is 19.9 Å². The van der Waals surface area contributed by atoms with Gasteiger partial charge in [-0.3, -0.25) is 4.79 Å². The molecule has 1 amide bonds. The maximum atomic E-state index is 11.7. The summed E-state index contributed by atoms with van der Waals surface area (Å²) in [7, 11) is 1.84. The second-order valence-electron chi connectivity index (χ2n) is 4.74. The van der Waals surface area contributed by atoms with Gasteiger partial charge in [0.1, 0.15) is 5.82 Å². The molecule has 1 heterocycles. The van der Waals surface area contributed by atoms with Crippen molar-refractivity contribution in [3.05, 3.63) is 23.9 Å². The van der Waals surface area contributed by atoms with Gasteiger partial charge in [-0.05, 0) is 12.0 Å². The highest BCUT2D eigenvalue weighted by Gasteiger charge is 2.11. The summed E-state index contributed by atoms with van der Waals surface area (Å²) in [6.07, 6.45) is 1.71. The maximum absolute atomic E-state index is 11.7. The quantitative estimate of drug-likeness (QED) is 0.781. The van der Waals surface area contributed by atoms with E-state index in [1.54, 1.807) is 6.20 Å². The molecule has 0 bridgehead atoms. The zero-order valence-corrected chi connectivity index (χ0v) is 11.3. The van der Waals surface area contributed by atoms with Gasteiger partial charge in [0.2, 0.25) is 5.91 Å². The lowest BCUT2D eigenvalue weighted by Crippen LogP contribution is -2.37. The summed E-state index contributed by atoms with van der Waals surface area (Å²) in [6, 6.07) is 3.77. The fourth-order valence-electron chi connectivity index (χ4n) is 1.60. The first kappa shape index (κ1) is 14.4. The molecule has 0 saturated heterocycles. The first-order valence-electron chi connectivity index (χ1n) is 6.16. The van der Waals surface area contributed by atoms with E-state index >= 15 is 0 Å². The number of aromatic nitrogens is 1. The van der Waals surface area contributed by atoms with Crippen LogP contribution in [0.2, 0.25) is 0 Å². The predicted octanol–water partition coefficient (Wildman–Crippen LogP) is 0.749. The summed E-state index contributed by atoms with van der Waals surface area (Å²) in [5.41, 5.74) is 6.59. The average molecular weight is 250 g/mol. The van der Waals surface area contributed by atoms with Crippen molar-refractivity contribution in [1.29, 1.82) is 0 Å². The fraction of sp³-hybridized carbons (Fsp3) is 0.538. The Hall–Kier alpha value is -1.62. The summed E-state index contributed by atoms with van der Waals surface area (Å²) in [4.78, 5) is 17.8. The van der Waals surface area contributed by atoms with Crippen LogP contribution in [0, 0.1) is 5.92 Å². The SMILES string of the molecule is CC(C)CNC(=O)CN(C)c1ncccc1CN. The summed E-state index contributed by atoms with van der Waals surface area (Å²) in [6.45, 7) is 5.53. The van der Waals surface area contributed by atoms with E-state index < -0.39 is 0 Å². The molecule has 0 aliphatic rings. The highest BCUT2D eigenvalue weighted by atomic mass is 16.2. The minimum atomic E-state index is -0.000163. The van der Waals surface area contributed by atoms with E-state index in [1.807, 2.05) is 24.1 Å². The van der Waals surface area contributed by atoms with E-state index in [-0.39, 0.29) is 12.5 Å². The average Bonchev–Trinajstić information content (AvgIpc) is 2.36. The Morgan fingerprint density at radius 1 is 1.56 bits per heavy atom. The number of carbonyl (C=O) groups excluding carboxylic acids is 1. The van der Waals surface area contributed by atoms with E-state index in [2.05, 4.69) is 24.1 Å². The molecular formula is C13H22N4O. The van der Waals surface area contributed by atoms with Gasteiger partial charge >= 0.3 is 0 Å². The molecule has 0 aromatic carbocycles. The van der Waals surface area contributed by atoms with E-state index in [4.69, 9.17) is 5.73 Å². The Kier molecular flexibility index (Phi) is 5.58. The molecule has 1 aromatic heterocycles. The van der Waals surface area contributed by atoms with E-state index in [0.29, 0.717) is 19.0 Å². The van der Waals surface area contributed by atoms with Crippen LogP contribution in [0.4, 0.5) is 5.82 Å². The first-order chi connectivity index (χ1) is 8.54. The van der Waals surface area contributed by atoms with Crippen LogP contribution in [0.3, 0.4) is 0 Å². The third kappa shape index (κ3) is 4.33. The van der Waals surface area contributed by atoms with Crippen LogP contribution in [-0.2, 0) is 11.3 Å². The van der Waals surface area contributed by atoms with Gasteiger partial charge in [0, 0.05) is 31.9 Å². The number of pyridine rings is 1. The third-order valence-electron chi connectivity index (χ3n) is 2.54. The monoisotopic (exact) mass is 250 g/mol. The lowest BCUT2D eigenvalue weighted by molar-refractivity contribution is -0.119. The predicted molar refractivity (Wildman–Crippen MR) is 73.2 cm³/mol. The second kappa shape index (κ2) is 6.96. The minimum Gasteiger partial charge on any atom is -0.354 e. The van der Waals surface area contributed by atoms with Crippen LogP contribution < -0.4 is 16.0 Å². The number of nitrogens with zero attached hydrogens (tertiary/aromatic N) is 2. The van der Waals surface area contributed by atoms with E-state index in [9.17, 15) is 4.79 Å². The van der Waals surface area contributed by atoms with Crippen molar-refractivity contribution < 1.29 is 4.79 Å². The van der Waals surface area contributed by atoms with E-state index in [0.717, 1.165) is 11.4 Å². The maximum Gasteiger partial charge on any atom is 0.239 e. The molecule has 0 radical (unpaired) electrons. The number of rotatable bonds is 6. The molecule has 0 spiro atoms. The Bertz CT molecular complexity index is 392. The lowest BCUT2D eigenvalue weighted by Gasteiger charge is -2.20. The molecule has 0 atom stereocenters. The number of hydrogen-bond donors (Lipinski definition) is 2. The van der Waals surface area contributed by atoms with Gasteiger partial charge in [0.05, 0.1) is 6.54 Å². The Morgan fingerprint density at radius 2 is 2.28 bits per heavy atom. The zero-order chi connectivity index (χ0) is 13.5. The van der Waals surface area contributed by atoms with Gasteiger partial charge < -0.3 is 16.0 Å². The molecule has 0 saturated carbocycles. The van der Waals surface area contributed by atoms with Crippen LogP contribution in [0.15, 0.2) is 18.3 Å². The molecule has 3 N–H and O–H groups in total. The third-order valence-corrected chi connectivity index (χ3v) is 2.54. The molecule has 0 aliphatic carbocycles. The normalized spacial score (nSPS) is 10.5. The first-order valence-corrected chi connectivity index (χ1v) is 6.16. The van der Waals surface area contributed by atoms with Crippen LogP contribution in [0.5, 0.6) is 0 Å². The summed E-state index contributed by atoms with van der Waals surface area (Å²) in [5.74, 6) is 1.22. The van der Waals surface area contributed by atoms with Gasteiger partial charge in [0.25, 0.3) is 0 Å². The number of hydrogen-bond acceptors (Lipinski definition) is 4. The Morgan fingerprint density at radius 3 is 2.89 bits per heavy atom. The largest absolute Gasteiger partial charge is 0.354 e. The van der Waals surface area contributed by atoms with Crippen molar-refractivity contribution >= 4 is 11.7 Å². The van der Waals surface area contributed by atoms with Gasteiger partial charge in [-0.15, -0.1) is 0 Å². The molecule has 5 nitrogen and oxygen atoms in total. The van der Waals surface area contributed by atoms with Crippen molar-refractivity contribution in [2.75, 3.05) is 25.0 Å². The number of carbonyl (C=O) groups is 1. The van der Waals surface area contributed by atoms with Crippen LogP contribution in [0.25, 0.3) is 0 Å². The Balaban J connectivity index is 2.59. The summed E-state index contributed by atoms with van der Waals surface area (Å²) in [5, 5.41) is 2.88. The molecule has 0 unspecified atom stereocenters. The van der Waals surface area contributed by atoms with Crippen LogP contribution >= 0.6 is 0 Å². The van der Waals surface area contributed by atoms with E-state index in [1.165, 1.54) is 0 Å². The molecular weight excluding hydrogens is 228 g/mol. The molecule has 1 rings (SSSR count). The summed E-state index contributed by atoms with van der Waals surface area (Å²) < 4.78 is 0. The summed E-state index contributed by atoms with van der Waals surface area (Å²) >= 11 is 0. The standard InChI is InChI=1S/C13H22N4O/c1-10(2)8-16-12(18)9-17(3)13-11(7-14)5-4-6-15-13/h4-6,10H,7-9,14H2,1-3H3,(H,16,18). The van der Waals surface area contributed by atoms with Crippen molar-refractivity contribution in [3.63, 3.8) is 0 Å². The van der Waals surface area contributed by atoms with Crippen molar-refractivity contribution in [2.45, 2.75) is 20.4 Å². The van der Waals surface area contributed by atoms with Gasteiger partial charge in [0.15, 0.2) is 0 Å². The number of nitrogens with one attached hydrogen (secondary N) is 1. The van der Waals surface area contributed by atoms with Crippen molar-refractivity contribution in [1.82, 2.24) is 10.3 Å². The lowest BCUT2D eigenvalue weighted by atomic mass is 10.2. The number of amides is 1. The highest BCUT2D eigenvalue weighted by molar-refractivity contribution is 5.81. The van der Waals surface area contributed by atoms with Gasteiger partial charge in [-0.25, -0.2) is 4.98 Å². The second-order valence-corrected chi connectivity index (χ2v) is 4.74.